The molecule has 7 atom stereocenters. The molecule has 1 aliphatic heterocycles. The average molecular weight is 424 g/mol. The monoisotopic (exact) mass is 424 g/mol. The molecule has 0 amide bonds. The molecule has 1 saturated carbocycles. The largest absolute Gasteiger partial charge is 0.508 e. The molecule has 0 radical (unpaired) electrons. The van der Waals surface area contributed by atoms with Crippen LogP contribution in [0, 0.1) is 0 Å². The molecule has 9 nitrogen and oxygen atoms in total. The molecule has 166 valence electrons. The Morgan fingerprint density at radius 2 is 1.80 bits per heavy atom. The number of phenols is 1. The quantitative estimate of drug-likeness (QED) is 0.316. The van der Waals surface area contributed by atoms with E-state index in [-0.39, 0.29) is 5.75 Å². The van der Waals surface area contributed by atoms with Crippen molar-refractivity contribution in [3.63, 3.8) is 0 Å². The molecule has 30 heavy (non-hydrogen) atoms. The number of carbonyl (C=O) groups excluding carboxylic acids is 1. The third-order valence-electron chi connectivity index (χ3n) is 5.36. The fourth-order valence-electron chi connectivity index (χ4n) is 3.62. The molecule has 1 heterocycles. The zero-order chi connectivity index (χ0) is 21.7. The highest BCUT2D eigenvalue weighted by molar-refractivity contribution is 5.87. The number of aromatic hydroxyl groups is 1. The lowest BCUT2D eigenvalue weighted by Gasteiger charge is -2.43. The highest BCUT2D eigenvalue weighted by Gasteiger charge is 2.48. The van der Waals surface area contributed by atoms with E-state index in [4.69, 9.17) is 14.2 Å². The van der Waals surface area contributed by atoms with E-state index >= 15 is 0 Å². The van der Waals surface area contributed by atoms with Gasteiger partial charge in [0, 0.05) is 6.08 Å². The molecule has 0 bridgehead atoms. The van der Waals surface area contributed by atoms with Gasteiger partial charge in [-0.1, -0.05) is 25.0 Å². The lowest BCUT2D eigenvalue weighted by molar-refractivity contribution is -0.320. The second kappa shape index (κ2) is 10.3. The van der Waals surface area contributed by atoms with Crippen LogP contribution in [-0.2, 0) is 19.0 Å². The molecule has 5 N–H and O–H groups in total. The molecule has 1 aromatic rings. The van der Waals surface area contributed by atoms with E-state index in [1.165, 1.54) is 18.2 Å². The molecule has 0 spiro atoms. The first-order chi connectivity index (χ1) is 14.4. The van der Waals surface area contributed by atoms with E-state index in [9.17, 15) is 30.3 Å². The summed E-state index contributed by atoms with van der Waals surface area (Å²) in [6.45, 7) is -0.563. The highest BCUT2D eigenvalue weighted by atomic mass is 16.7. The standard InChI is InChI=1S/C21H28O9/c22-11-16-18(26)19(27)20(21(29-16)28-15-4-2-1-3-14(15)24)30-17(25)10-7-12-5-8-13(23)9-6-12/h5-10,14-16,18-24,26-27H,1-4,11H2/b10-7+/t14?,15?,16-,18-,19+,20-,21-/m1/s1. The summed E-state index contributed by atoms with van der Waals surface area (Å²) in [5, 5.41) is 49.5. The molecule has 2 aliphatic rings. The van der Waals surface area contributed by atoms with E-state index < -0.39 is 55.5 Å². The Labute approximate surface area is 174 Å². The predicted octanol–water partition coefficient (Wildman–Crippen LogP) is 0.0763. The number of esters is 1. The molecule has 3 rings (SSSR count). The highest BCUT2D eigenvalue weighted by Crippen LogP contribution is 2.29. The topological polar surface area (TPSA) is 146 Å². The minimum Gasteiger partial charge on any atom is -0.508 e. The van der Waals surface area contributed by atoms with E-state index in [0.717, 1.165) is 18.9 Å². The molecule has 9 heteroatoms. The van der Waals surface area contributed by atoms with Crippen LogP contribution in [0.25, 0.3) is 6.08 Å². The van der Waals surface area contributed by atoms with Crippen molar-refractivity contribution < 1.29 is 44.5 Å². The summed E-state index contributed by atoms with van der Waals surface area (Å²) in [5.74, 6) is -0.710. The number of ether oxygens (including phenoxy) is 3. The van der Waals surface area contributed by atoms with Gasteiger partial charge >= 0.3 is 5.97 Å². The van der Waals surface area contributed by atoms with Gasteiger partial charge in [-0.15, -0.1) is 0 Å². The third-order valence-corrected chi connectivity index (χ3v) is 5.36. The number of benzene rings is 1. The Morgan fingerprint density at radius 3 is 2.47 bits per heavy atom. The van der Waals surface area contributed by atoms with Gasteiger partial charge in [0.15, 0.2) is 12.4 Å². The summed E-state index contributed by atoms with van der Waals surface area (Å²) in [6, 6.07) is 6.14. The second-order valence-corrected chi connectivity index (χ2v) is 7.56. The molecular formula is C21H28O9. The molecule has 1 saturated heterocycles. The van der Waals surface area contributed by atoms with Crippen molar-refractivity contribution in [3.8, 4) is 5.75 Å². The van der Waals surface area contributed by atoms with Gasteiger partial charge in [0.2, 0.25) is 0 Å². The number of carbonyl (C=O) groups is 1. The first-order valence-corrected chi connectivity index (χ1v) is 10.0. The number of aliphatic hydroxyl groups is 4. The maximum absolute atomic E-state index is 12.3. The maximum Gasteiger partial charge on any atom is 0.331 e. The Hall–Kier alpha value is -2.01. The number of hydrogen-bond donors (Lipinski definition) is 5. The fraction of sp³-hybridized carbons (Fsp3) is 0.571. The van der Waals surface area contributed by atoms with E-state index in [0.29, 0.717) is 18.4 Å². The zero-order valence-electron chi connectivity index (χ0n) is 16.4. The lowest BCUT2D eigenvalue weighted by atomic mass is 9.94. The Morgan fingerprint density at radius 1 is 1.10 bits per heavy atom. The van der Waals surface area contributed by atoms with Gasteiger partial charge in [-0.25, -0.2) is 4.79 Å². The van der Waals surface area contributed by atoms with Crippen molar-refractivity contribution in [2.24, 2.45) is 0 Å². The lowest BCUT2D eigenvalue weighted by Crippen LogP contribution is -2.61. The van der Waals surface area contributed by atoms with Gasteiger partial charge in [-0.3, -0.25) is 0 Å². The molecule has 2 fully saturated rings. The summed E-state index contributed by atoms with van der Waals surface area (Å²) in [5.41, 5.74) is 0.642. The summed E-state index contributed by atoms with van der Waals surface area (Å²) in [6.07, 6.45) is -2.59. The van der Waals surface area contributed by atoms with Crippen molar-refractivity contribution in [1.82, 2.24) is 0 Å². The Bertz CT molecular complexity index is 720. The molecule has 2 unspecified atom stereocenters. The Kier molecular flexibility index (Phi) is 7.81. The van der Waals surface area contributed by atoms with E-state index in [1.54, 1.807) is 12.1 Å². The van der Waals surface area contributed by atoms with Gasteiger partial charge in [0.1, 0.15) is 24.1 Å². The summed E-state index contributed by atoms with van der Waals surface area (Å²) < 4.78 is 16.6. The van der Waals surface area contributed by atoms with Gasteiger partial charge in [-0.2, -0.15) is 0 Å². The van der Waals surface area contributed by atoms with Gasteiger partial charge in [0.25, 0.3) is 0 Å². The average Bonchev–Trinajstić information content (AvgIpc) is 2.74. The van der Waals surface area contributed by atoms with Crippen molar-refractivity contribution >= 4 is 12.0 Å². The number of rotatable bonds is 6. The fourth-order valence-corrected chi connectivity index (χ4v) is 3.62. The SMILES string of the molecule is O=C(/C=C/c1ccc(O)cc1)O[C@H]1[C@H](OC2CCCCC2O)O[C@H](CO)[C@@H](O)[C@@H]1O. The van der Waals surface area contributed by atoms with E-state index in [1.807, 2.05) is 0 Å². The first kappa shape index (κ1) is 22.7. The van der Waals surface area contributed by atoms with Crippen LogP contribution in [0.5, 0.6) is 5.75 Å². The molecule has 1 aliphatic carbocycles. The molecule has 1 aromatic carbocycles. The normalized spacial score (nSPS) is 34.7. The zero-order valence-corrected chi connectivity index (χ0v) is 16.4. The van der Waals surface area contributed by atoms with Crippen LogP contribution >= 0.6 is 0 Å². The van der Waals surface area contributed by atoms with E-state index in [2.05, 4.69) is 0 Å². The van der Waals surface area contributed by atoms with Crippen LogP contribution in [0.15, 0.2) is 30.3 Å². The number of hydrogen-bond acceptors (Lipinski definition) is 9. The third kappa shape index (κ3) is 5.57. The first-order valence-electron chi connectivity index (χ1n) is 10.0. The van der Waals surface area contributed by atoms with Gasteiger partial charge in [-0.05, 0) is 36.6 Å². The van der Waals surface area contributed by atoms with Gasteiger partial charge < -0.3 is 39.7 Å². The van der Waals surface area contributed by atoms with Crippen LogP contribution in [0.2, 0.25) is 0 Å². The minimum atomic E-state index is -1.55. The number of phenolic OH excluding ortho intramolecular Hbond substituents is 1. The molecular weight excluding hydrogens is 396 g/mol. The van der Waals surface area contributed by atoms with Crippen molar-refractivity contribution in [2.45, 2.75) is 68.6 Å². The van der Waals surface area contributed by atoms with Crippen LogP contribution in [0.3, 0.4) is 0 Å². The smallest absolute Gasteiger partial charge is 0.331 e. The predicted molar refractivity (Wildman–Crippen MR) is 104 cm³/mol. The van der Waals surface area contributed by atoms with Crippen LogP contribution < -0.4 is 0 Å². The number of aliphatic hydroxyl groups excluding tert-OH is 4. The van der Waals surface area contributed by atoms with Crippen molar-refractivity contribution in [1.29, 1.82) is 0 Å². The summed E-state index contributed by atoms with van der Waals surface area (Å²) >= 11 is 0. The van der Waals surface area contributed by atoms with Crippen LogP contribution in [0.4, 0.5) is 0 Å². The minimum absolute atomic E-state index is 0.0921. The Balaban J connectivity index is 1.70. The molecule has 0 aromatic heterocycles. The van der Waals surface area contributed by atoms with Crippen molar-refractivity contribution in [2.75, 3.05) is 6.61 Å². The maximum atomic E-state index is 12.3. The summed E-state index contributed by atoms with van der Waals surface area (Å²) in [4.78, 5) is 12.3. The van der Waals surface area contributed by atoms with Crippen LogP contribution in [0.1, 0.15) is 31.2 Å². The van der Waals surface area contributed by atoms with Crippen molar-refractivity contribution in [3.05, 3.63) is 35.9 Å². The second-order valence-electron chi connectivity index (χ2n) is 7.56. The van der Waals surface area contributed by atoms with Crippen LogP contribution in [-0.4, -0.2) is 81.0 Å². The summed E-state index contributed by atoms with van der Waals surface area (Å²) in [7, 11) is 0. The van der Waals surface area contributed by atoms with Gasteiger partial charge in [0.05, 0.1) is 18.8 Å².